The molecule has 0 saturated carbocycles. The van der Waals surface area contributed by atoms with Gasteiger partial charge in [-0.2, -0.15) is 0 Å². The second kappa shape index (κ2) is 8.61. The predicted octanol–water partition coefficient (Wildman–Crippen LogP) is 5.17. The second-order valence-corrected chi connectivity index (χ2v) is 11.5. The molecular formula is C25H26ClFN4O2S. The fourth-order valence-electron chi connectivity index (χ4n) is 4.61. The Kier molecular flexibility index (Phi) is 5.88. The van der Waals surface area contributed by atoms with Crippen molar-refractivity contribution in [2.45, 2.75) is 49.8 Å². The molecule has 3 N–H and O–H groups in total. The van der Waals surface area contributed by atoms with E-state index in [2.05, 4.69) is 32.1 Å². The second-order valence-electron chi connectivity index (χ2n) is 9.39. The van der Waals surface area contributed by atoms with Crippen LogP contribution < -0.4 is 10.0 Å². The van der Waals surface area contributed by atoms with E-state index in [1.54, 1.807) is 18.3 Å². The molecule has 178 valence electrons. The quantitative estimate of drug-likeness (QED) is 0.305. The number of hydrogen-bond acceptors (Lipinski definition) is 4. The van der Waals surface area contributed by atoms with E-state index in [4.69, 9.17) is 11.6 Å². The summed E-state index contributed by atoms with van der Waals surface area (Å²) in [6.07, 6.45) is 3.27. The van der Waals surface area contributed by atoms with Gasteiger partial charge in [0.1, 0.15) is 10.8 Å². The van der Waals surface area contributed by atoms with Crippen LogP contribution in [0.15, 0.2) is 53.6 Å². The van der Waals surface area contributed by atoms with Crippen molar-refractivity contribution >= 4 is 43.3 Å². The number of halogens is 2. The summed E-state index contributed by atoms with van der Waals surface area (Å²) in [5.41, 5.74) is 2.45. The molecule has 0 amide bonds. The van der Waals surface area contributed by atoms with Crippen LogP contribution in [0.4, 0.5) is 4.39 Å². The molecule has 0 radical (unpaired) electrons. The molecule has 1 aliphatic rings. The third-order valence-corrected chi connectivity index (χ3v) is 7.90. The third-order valence-electron chi connectivity index (χ3n) is 6.25. The van der Waals surface area contributed by atoms with Gasteiger partial charge in [-0.25, -0.2) is 22.5 Å². The average Bonchev–Trinajstić information content (AvgIpc) is 3.38. The SMILES string of the molecule is CC(C)(F)CNS(=O)(=O)c1cc2c(c3cnc(Cl)cc13)CCC2NCc1cc2ccccc2[nH]1. The highest BCUT2D eigenvalue weighted by molar-refractivity contribution is 7.89. The number of H-pyrrole nitrogens is 1. The van der Waals surface area contributed by atoms with Gasteiger partial charge in [0.2, 0.25) is 10.0 Å². The molecule has 5 rings (SSSR count). The molecule has 1 aliphatic carbocycles. The Balaban J connectivity index is 1.50. The summed E-state index contributed by atoms with van der Waals surface area (Å²) in [5, 5.41) is 6.19. The Morgan fingerprint density at radius 1 is 1.21 bits per heavy atom. The van der Waals surface area contributed by atoms with Crippen molar-refractivity contribution in [1.82, 2.24) is 20.0 Å². The molecule has 2 aromatic heterocycles. The van der Waals surface area contributed by atoms with Crippen LogP contribution in [0, 0.1) is 0 Å². The number of aromatic amines is 1. The lowest BCUT2D eigenvalue weighted by Crippen LogP contribution is -2.35. The van der Waals surface area contributed by atoms with Gasteiger partial charge in [0.05, 0.1) is 4.90 Å². The first-order valence-corrected chi connectivity index (χ1v) is 13.1. The molecule has 0 aliphatic heterocycles. The van der Waals surface area contributed by atoms with Gasteiger partial charge >= 0.3 is 0 Å². The van der Waals surface area contributed by atoms with E-state index in [9.17, 15) is 12.8 Å². The number of rotatable bonds is 7. The molecule has 2 aromatic carbocycles. The Morgan fingerprint density at radius 2 is 2.00 bits per heavy atom. The highest BCUT2D eigenvalue weighted by atomic mass is 35.5. The van der Waals surface area contributed by atoms with Gasteiger partial charge in [-0.3, -0.25) is 0 Å². The van der Waals surface area contributed by atoms with E-state index in [1.807, 2.05) is 18.2 Å². The van der Waals surface area contributed by atoms with Crippen molar-refractivity contribution in [3.63, 3.8) is 0 Å². The Morgan fingerprint density at radius 3 is 2.76 bits per heavy atom. The van der Waals surface area contributed by atoms with E-state index in [-0.39, 0.29) is 22.6 Å². The van der Waals surface area contributed by atoms with Crippen molar-refractivity contribution in [3.05, 3.63) is 70.6 Å². The summed E-state index contributed by atoms with van der Waals surface area (Å²) < 4.78 is 42.9. The number of nitrogens with zero attached hydrogens (tertiary/aromatic N) is 1. The van der Waals surface area contributed by atoms with Gasteiger partial charge in [0, 0.05) is 47.3 Å². The van der Waals surface area contributed by atoms with Crippen LogP contribution in [-0.2, 0) is 23.0 Å². The molecule has 1 unspecified atom stereocenters. The lowest BCUT2D eigenvalue weighted by molar-refractivity contribution is 0.221. The van der Waals surface area contributed by atoms with Gasteiger partial charge < -0.3 is 10.3 Å². The summed E-state index contributed by atoms with van der Waals surface area (Å²) >= 11 is 6.12. The molecule has 9 heteroatoms. The molecule has 6 nitrogen and oxygen atoms in total. The van der Waals surface area contributed by atoms with Crippen LogP contribution in [-0.4, -0.2) is 30.6 Å². The van der Waals surface area contributed by atoms with E-state index in [0.717, 1.165) is 46.0 Å². The minimum absolute atomic E-state index is 0.0203. The van der Waals surface area contributed by atoms with Crippen LogP contribution in [0.25, 0.3) is 21.7 Å². The van der Waals surface area contributed by atoms with E-state index in [0.29, 0.717) is 11.9 Å². The maximum absolute atomic E-state index is 14.1. The smallest absolute Gasteiger partial charge is 0.241 e. The number of benzene rings is 2. The zero-order valence-electron chi connectivity index (χ0n) is 19.0. The van der Waals surface area contributed by atoms with E-state index >= 15 is 0 Å². The maximum atomic E-state index is 14.1. The minimum Gasteiger partial charge on any atom is -0.357 e. The number of sulfonamides is 1. The molecule has 0 spiro atoms. The van der Waals surface area contributed by atoms with E-state index in [1.165, 1.54) is 13.8 Å². The third kappa shape index (κ3) is 4.55. The molecule has 34 heavy (non-hydrogen) atoms. The molecule has 0 bridgehead atoms. The first-order valence-electron chi connectivity index (χ1n) is 11.2. The fraction of sp³-hybridized carbons (Fsp3) is 0.320. The standard InChI is InChI=1S/C25H26ClFN4O2S/c1-25(2,27)14-30-34(32,33)23-10-18-17(20-13-29-24(26)11-19(20)23)7-8-22(18)28-12-16-9-15-5-3-4-6-21(15)31-16/h3-6,9-11,13,22,28,30-31H,7-8,12,14H2,1-2H3. The molecule has 0 fully saturated rings. The van der Waals surface area contributed by atoms with Gasteiger partial charge in [0.15, 0.2) is 0 Å². The molecule has 0 saturated heterocycles. The molecular weight excluding hydrogens is 475 g/mol. The number of aromatic nitrogens is 2. The number of aryl methyl sites for hydroxylation is 1. The van der Waals surface area contributed by atoms with Crippen LogP contribution in [0.2, 0.25) is 5.15 Å². The monoisotopic (exact) mass is 500 g/mol. The fourth-order valence-corrected chi connectivity index (χ4v) is 6.20. The number of para-hydroxylation sites is 1. The van der Waals surface area contributed by atoms with E-state index < -0.39 is 15.7 Å². The van der Waals surface area contributed by atoms with Gasteiger partial charge in [-0.05, 0) is 67.5 Å². The minimum atomic E-state index is -3.98. The molecule has 4 aromatic rings. The number of alkyl halides is 1. The average molecular weight is 501 g/mol. The zero-order chi connectivity index (χ0) is 24.1. The van der Waals surface area contributed by atoms with Crippen LogP contribution in [0.3, 0.4) is 0 Å². The Labute approximate surface area is 203 Å². The Hall–Kier alpha value is -2.52. The van der Waals surface area contributed by atoms with Crippen molar-refractivity contribution < 1.29 is 12.8 Å². The van der Waals surface area contributed by atoms with Gasteiger partial charge in [-0.15, -0.1) is 0 Å². The summed E-state index contributed by atoms with van der Waals surface area (Å²) in [5.74, 6) is 0. The number of nitrogens with one attached hydrogen (secondary N) is 3. The highest BCUT2D eigenvalue weighted by Crippen LogP contribution is 2.40. The largest absolute Gasteiger partial charge is 0.357 e. The number of pyridine rings is 1. The lowest BCUT2D eigenvalue weighted by atomic mass is 10.0. The predicted molar refractivity (Wildman–Crippen MR) is 133 cm³/mol. The van der Waals surface area contributed by atoms with Crippen molar-refractivity contribution in [3.8, 4) is 0 Å². The summed E-state index contributed by atoms with van der Waals surface area (Å²) in [6.45, 7) is 2.96. The normalized spacial score (nSPS) is 16.4. The zero-order valence-corrected chi connectivity index (χ0v) is 20.5. The van der Waals surface area contributed by atoms with Crippen molar-refractivity contribution in [1.29, 1.82) is 0 Å². The van der Waals surface area contributed by atoms with Gasteiger partial charge in [-0.1, -0.05) is 29.8 Å². The van der Waals surface area contributed by atoms with Gasteiger partial charge in [0.25, 0.3) is 0 Å². The highest BCUT2D eigenvalue weighted by Gasteiger charge is 2.30. The first kappa shape index (κ1) is 23.2. The van der Waals surface area contributed by atoms with Crippen LogP contribution >= 0.6 is 11.6 Å². The maximum Gasteiger partial charge on any atom is 0.241 e. The molecule has 2 heterocycles. The summed E-state index contributed by atoms with van der Waals surface area (Å²) in [4.78, 5) is 7.71. The van der Waals surface area contributed by atoms with Crippen LogP contribution in [0.1, 0.15) is 43.1 Å². The number of fused-ring (bicyclic) bond motifs is 4. The molecule has 1 atom stereocenters. The Bertz CT molecular complexity index is 1460. The number of hydrogen-bond donors (Lipinski definition) is 3. The topological polar surface area (TPSA) is 86.9 Å². The summed E-state index contributed by atoms with van der Waals surface area (Å²) in [7, 11) is -3.98. The summed E-state index contributed by atoms with van der Waals surface area (Å²) in [6, 6.07) is 13.5. The van der Waals surface area contributed by atoms with Crippen molar-refractivity contribution in [2.75, 3.05) is 6.54 Å². The van der Waals surface area contributed by atoms with Crippen LogP contribution in [0.5, 0.6) is 0 Å². The lowest BCUT2D eigenvalue weighted by Gasteiger charge is -2.19. The van der Waals surface area contributed by atoms with Crippen molar-refractivity contribution in [2.24, 2.45) is 0 Å². The first-order chi connectivity index (χ1) is 16.1.